The van der Waals surface area contributed by atoms with E-state index in [0.717, 1.165) is 16.7 Å². The highest BCUT2D eigenvalue weighted by atomic mass is 32.1. The Labute approximate surface area is 114 Å². The van der Waals surface area contributed by atoms with Crippen molar-refractivity contribution in [2.24, 2.45) is 0 Å². The lowest BCUT2D eigenvalue weighted by atomic mass is 10.2. The quantitative estimate of drug-likeness (QED) is 0.774. The molecule has 0 aliphatic carbocycles. The summed E-state index contributed by atoms with van der Waals surface area (Å²) in [6.07, 6.45) is 1.62. The number of rotatable bonds is 5. The molecule has 0 aliphatic rings. The lowest BCUT2D eigenvalue weighted by Gasteiger charge is -2.08. The van der Waals surface area contributed by atoms with Gasteiger partial charge in [0.15, 0.2) is 0 Å². The molecule has 0 spiro atoms. The van der Waals surface area contributed by atoms with E-state index >= 15 is 0 Å². The number of aliphatic hydroxyl groups excluding tert-OH is 1. The molecule has 0 amide bonds. The number of nitrogens with zero attached hydrogens (tertiary/aromatic N) is 2. The Balaban J connectivity index is 2.36. The summed E-state index contributed by atoms with van der Waals surface area (Å²) in [6, 6.07) is 0. The van der Waals surface area contributed by atoms with Gasteiger partial charge in [-0.2, -0.15) is 0 Å². The van der Waals surface area contributed by atoms with Crippen LogP contribution in [0.4, 0.5) is 5.82 Å². The van der Waals surface area contributed by atoms with E-state index in [9.17, 15) is 9.90 Å². The first-order chi connectivity index (χ1) is 9.00. The second kappa shape index (κ2) is 5.50. The molecular formula is C12H15N3O3S. The second-order valence-corrected chi connectivity index (χ2v) is 5.33. The maximum atomic E-state index is 11.1. The Kier molecular flexibility index (Phi) is 3.96. The van der Waals surface area contributed by atoms with E-state index in [0.29, 0.717) is 29.2 Å². The number of carbonyl (C=O) groups is 1. The summed E-state index contributed by atoms with van der Waals surface area (Å²) in [4.78, 5) is 20.3. The van der Waals surface area contributed by atoms with Gasteiger partial charge in [0.1, 0.15) is 21.9 Å². The van der Waals surface area contributed by atoms with Gasteiger partial charge in [-0.25, -0.2) is 14.8 Å². The minimum atomic E-state index is -0.949. The highest BCUT2D eigenvalue weighted by Gasteiger charge is 2.18. The van der Waals surface area contributed by atoms with Crippen molar-refractivity contribution in [3.63, 3.8) is 0 Å². The van der Waals surface area contributed by atoms with Gasteiger partial charge in [0.25, 0.3) is 0 Å². The Morgan fingerprint density at radius 1 is 1.53 bits per heavy atom. The summed E-state index contributed by atoms with van der Waals surface area (Å²) in [7, 11) is 0. The Morgan fingerprint density at radius 2 is 2.26 bits per heavy atom. The van der Waals surface area contributed by atoms with Gasteiger partial charge < -0.3 is 15.5 Å². The molecular weight excluding hydrogens is 266 g/mol. The predicted molar refractivity (Wildman–Crippen MR) is 73.9 cm³/mol. The average molecular weight is 281 g/mol. The Morgan fingerprint density at radius 3 is 2.89 bits per heavy atom. The van der Waals surface area contributed by atoms with Crippen LogP contribution in [0.2, 0.25) is 0 Å². The number of aromatic carboxylic acids is 1. The van der Waals surface area contributed by atoms with Crippen LogP contribution in [0, 0.1) is 6.92 Å². The monoisotopic (exact) mass is 281 g/mol. The molecule has 0 aliphatic heterocycles. The van der Waals surface area contributed by atoms with Gasteiger partial charge in [-0.1, -0.05) is 0 Å². The van der Waals surface area contributed by atoms with Crippen LogP contribution in [-0.4, -0.2) is 38.8 Å². The van der Waals surface area contributed by atoms with Crippen molar-refractivity contribution in [3.8, 4) is 0 Å². The zero-order valence-electron chi connectivity index (χ0n) is 10.7. The number of nitrogens with one attached hydrogen (secondary N) is 1. The zero-order chi connectivity index (χ0) is 14.0. The van der Waals surface area contributed by atoms with Gasteiger partial charge in [0, 0.05) is 6.54 Å². The second-order valence-electron chi connectivity index (χ2n) is 4.33. The van der Waals surface area contributed by atoms with Gasteiger partial charge in [0.05, 0.1) is 11.5 Å². The highest BCUT2D eigenvalue weighted by molar-refractivity contribution is 7.20. The van der Waals surface area contributed by atoms with Crippen molar-refractivity contribution in [2.75, 3.05) is 11.9 Å². The zero-order valence-corrected chi connectivity index (χ0v) is 11.5. The topological polar surface area (TPSA) is 95.3 Å². The first-order valence-corrected chi connectivity index (χ1v) is 6.71. The van der Waals surface area contributed by atoms with E-state index in [1.807, 2.05) is 0 Å². The molecule has 2 aromatic rings. The van der Waals surface area contributed by atoms with Crippen LogP contribution in [0.1, 0.15) is 28.6 Å². The molecule has 0 aromatic carbocycles. The number of aryl methyl sites for hydroxylation is 1. The van der Waals surface area contributed by atoms with Crippen LogP contribution < -0.4 is 5.32 Å². The third-order valence-corrected chi connectivity index (χ3v) is 3.96. The number of hydrogen-bond donors (Lipinski definition) is 3. The molecule has 102 valence electrons. The highest BCUT2D eigenvalue weighted by Crippen LogP contribution is 2.33. The number of carboxylic acids is 1. The molecule has 7 heteroatoms. The van der Waals surface area contributed by atoms with Gasteiger partial charge in [-0.05, 0) is 25.8 Å². The maximum absolute atomic E-state index is 11.1. The number of carboxylic acid groups (broad SMARTS) is 1. The minimum absolute atomic E-state index is 0.286. The van der Waals surface area contributed by atoms with Crippen molar-refractivity contribution >= 4 is 33.3 Å². The molecule has 2 heterocycles. The van der Waals surface area contributed by atoms with Gasteiger partial charge in [0.2, 0.25) is 0 Å². The Bertz CT molecular complexity index is 610. The number of aromatic nitrogens is 2. The van der Waals surface area contributed by atoms with E-state index < -0.39 is 5.97 Å². The third kappa shape index (κ3) is 2.82. The normalized spacial score (nSPS) is 12.6. The summed E-state index contributed by atoms with van der Waals surface area (Å²) in [5, 5.41) is 22.2. The molecule has 1 unspecified atom stereocenters. The maximum Gasteiger partial charge on any atom is 0.346 e. The lowest BCUT2D eigenvalue weighted by Crippen LogP contribution is -2.11. The first-order valence-electron chi connectivity index (χ1n) is 5.90. The van der Waals surface area contributed by atoms with Crippen LogP contribution >= 0.6 is 11.3 Å². The summed E-state index contributed by atoms with van der Waals surface area (Å²) in [5.41, 5.74) is 0.674. The summed E-state index contributed by atoms with van der Waals surface area (Å²) < 4.78 is 0. The van der Waals surface area contributed by atoms with E-state index in [2.05, 4.69) is 15.3 Å². The van der Waals surface area contributed by atoms with Crippen LogP contribution in [-0.2, 0) is 0 Å². The molecule has 2 rings (SSSR count). The van der Waals surface area contributed by atoms with E-state index in [1.54, 1.807) is 13.8 Å². The number of hydrogen-bond acceptors (Lipinski definition) is 6. The van der Waals surface area contributed by atoms with E-state index in [1.165, 1.54) is 6.33 Å². The summed E-state index contributed by atoms with van der Waals surface area (Å²) >= 11 is 1.15. The standard InChI is InChI=1S/C12H15N3O3S/c1-6(16)3-4-13-10-8-7(2)9(12(17)18)19-11(8)15-5-14-10/h5-6,16H,3-4H2,1-2H3,(H,17,18)(H,13,14,15). The molecule has 0 saturated heterocycles. The van der Waals surface area contributed by atoms with E-state index in [4.69, 9.17) is 5.11 Å². The van der Waals surface area contributed by atoms with E-state index in [-0.39, 0.29) is 11.0 Å². The number of fused-ring (bicyclic) bond motifs is 1. The molecule has 2 aromatic heterocycles. The van der Waals surface area contributed by atoms with Crippen LogP contribution in [0.3, 0.4) is 0 Å². The van der Waals surface area contributed by atoms with Crippen molar-refractivity contribution in [3.05, 3.63) is 16.8 Å². The van der Waals surface area contributed by atoms with Gasteiger partial charge in [-0.3, -0.25) is 0 Å². The van der Waals surface area contributed by atoms with Crippen LogP contribution in [0.25, 0.3) is 10.2 Å². The molecule has 6 nitrogen and oxygen atoms in total. The van der Waals surface area contributed by atoms with Crippen molar-refractivity contribution in [1.29, 1.82) is 0 Å². The van der Waals surface area contributed by atoms with Gasteiger partial charge in [-0.15, -0.1) is 11.3 Å². The lowest BCUT2D eigenvalue weighted by molar-refractivity contribution is 0.0701. The fourth-order valence-corrected chi connectivity index (χ4v) is 2.80. The van der Waals surface area contributed by atoms with Crippen LogP contribution in [0.15, 0.2) is 6.33 Å². The smallest absolute Gasteiger partial charge is 0.346 e. The SMILES string of the molecule is Cc1c(C(=O)O)sc2ncnc(NCCC(C)O)c12. The first kappa shape index (κ1) is 13.7. The molecule has 0 bridgehead atoms. The molecule has 0 radical (unpaired) electrons. The molecule has 3 N–H and O–H groups in total. The van der Waals surface area contributed by atoms with Crippen molar-refractivity contribution < 1.29 is 15.0 Å². The Hall–Kier alpha value is -1.73. The van der Waals surface area contributed by atoms with Crippen molar-refractivity contribution in [1.82, 2.24) is 9.97 Å². The molecule has 19 heavy (non-hydrogen) atoms. The summed E-state index contributed by atoms with van der Waals surface area (Å²) in [6.45, 7) is 4.04. The molecule has 0 fully saturated rings. The predicted octanol–water partition coefficient (Wildman–Crippen LogP) is 1.88. The number of aliphatic hydroxyl groups is 1. The molecule has 1 atom stereocenters. The fourth-order valence-electron chi connectivity index (χ4n) is 1.81. The van der Waals surface area contributed by atoms with Crippen molar-refractivity contribution in [2.45, 2.75) is 26.4 Å². The fraction of sp³-hybridized carbons (Fsp3) is 0.417. The number of thiophene rings is 1. The third-order valence-electron chi connectivity index (χ3n) is 2.78. The minimum Gasteiger partial charge on any atom is -0.477 e. The van der Waals surface area contributed by atoms with Gasteiger partial charge >= 0.3 is 5.97 Å². The summed E-state index contributed by atoms with van der Waals surface area (Å²) in [5.74, 6) is -0.331. The largest absolute Gasteiger partial charge is 0.477 e. The van der Waals surface area contributed by atoms with Crippen LogP contribution in [0.5, 0.6) is 0 Å². The number of anilines is 1. The average Bonchev–Trinajstić information content (AvgIpc) is 2.67. The molecule has 0 saturated carbocycles.